The van der Waals surface area contributed by atoms with E-state index in [-0.39, 0.29) is 18.9 Å². The number of ether oxygens (including phenoxy) is 6. The van der Waals surface area contributed by atoms with Crippen LogP contribution in [-0.2, 0) is 33.2 Å². The Morgan fingerprint density at radius 2 is 0.831 bits per heavy atom. The van der Waals surface area contributed by atoms with E-state index in [0.29, 0.717) is 12.8 Å². The van der Waals surface area contributed by atoms with Crippen LogP contribution in [-0.4, -0.2) is 193 Å². The summed E-state index contributed by atoms with van der Waals surface area (Å²) in [5, 5.41) is 120. The molecule has 3 fully saturated rings. The quantitative estimate of drug-likeness (QED) is 0.0215. The van der Waals surface area contributed by atoms with Gasteiger partial charge in [-0.25, -0.2) is 0 Å². The summed E-state index contributed by atoms with van der Waals surface area (Å²) in [7, 11) is 0. The second-order valence-corrected chi connectivity index (χ2v) is 23.2. The summed E-state index contributed by atoms with van der Waals surface area (Å²) in [5.74, 6) is -0.247. The van der Waals surface area contributed by atoms with Crippen LogP contribution in [0.15, 0.2) is 48.6 Å². The van der Waals surface area contributed by atoms with E-state index in [1.54, 1.807) is 0 Å². The van der Waals surface area contributed by atoms with Crippen molar-refractivity contribution in [3.05, 3.63) is 48.6 Å². The highest BCUT2D eigenvalue weighted by atomic mass is 16.8. The van der Waals surface area contributed by atoms with Crippen LogP contribution in [0, 0.1) is 0 Å². The van der Waals surface area contributed by atoms with Gasteiger partial charge in [0.15, 0.2) is 18.9 Å². The lowest BCUT2D eigenvalue weighted by molar-refractivity contribution is -0.379. The minimum Gasteiger partial charge on any atom is -0.394 e. The molecule has 0 bridgehead atoms. The molecule has 19 nitrogen and oxygen atoms in total. The van der Waals surface area contributed by atoms with Gasteiger partial charge in [-0.05, 0) is 51.4 Å². The van der Waals surface area contributed by atoms with E-state index in [4.69, 9.17) is 28.4 Å². The zero-order chi connectivity index (χ0) is 60.5. The van der Waals surface area contributed by atoms with Gasteiger partial charge in [0.1, 0.15) is 73.2 Å². The van der Waals surface area contributed by atoms with Gasteiger partial charge in [-0.15, -0.1) is 0 Å². The van der Waals surface area contributed by atoms with Gasteiger partial charge >= 0.3 is 0 Å². The van der Waals surface area contributed by atoms with Gasteiger partial charge in [-0.1, -0.05) is 210 Å². The molecule has 0 spiro atoms. The predicted octanol–water partition coefficient (Wildman–Crippen LogP) is 7.04. The fourth-order valence-electron chi connectivity index (χ4n) is 10.9. The largest absolute Gasteiger partial charge is 0.394 e. The molecule has 3 aliphatic rings. The second kappa shape index (κ2) is 46.8. The maximum Gasteiger partial charge on any atom is 0.220 e. The van der Waals surface area contributed by atoms with E-state index in [1.165, 1.54) is 103 Å². The molecule has 3 saturated heterocycles. The Bertz CT molecular complexity index is 1700. The Morgan fingerprint density at radius 3 is 1.30 bits per heavy atom. The highest BCUT2D eigenvalue weighted by Gasteiger charge is 2.53. The smallest absolute Gasteiger partial charge is 0.220 e. The molecule has 484 valence electrons. The molecule has 12 N–H and O–H groups in total. The number of rotatable bonds is 48. The van der Waals surface area contributed by atoms with Gasteiger partial charge in [-0.3, -0.25) is 4.79 Å². The zero-order valence-corrected chi connectivity index (χ0v) is 50.7. The SMILES string of the molecule is CC/C=C\C/C=C\C/C=C\C/C=C\CCCCCCCCCCCCCCCCCCCCC(=O)NC(COC1OC(CO)C(OC2OC(CO)C(OC3OC(CO)C(O)C(O)C3O)C(O)C2O)C(O)C1O)C(O)CCCCCCCCC. The van der Waals surface area contributed by atoms with Crippen LogP contribution in [0.1, 0.15) is 219 Å². The van der Waals surface area contributed by atoms with Gasteiger partial charge in [0, 0.05) is 6.42 Å². The lowest BCUT2D eigenvalue weighted by Crippen LogP contribution is -2.66. The molecular weight excluding hydrogens is 1070 g/mol. The van der Waals surface area contributed by atoms with Gasteiger partial charge in [-0.2, -0.15) is 0 Å². The van der Waals surface area contributed by atoms with Crippen molar-refractivity contribution in [2.75, 3.05) is 26.4 Å². The molecule has 0 aromatic carbocycles. The normalized spacial score (nSPS) is 29.7. The summed E-state index contributed by atoms with van der Waals surface area (Å²) in [6.07, 6.45) is 26.9. The lowest BCUT2D eigenvalue weighted by atomic mass is 9.96. The molecule has 0 aliphatic carbocycles. The van der Waals surface area contributed by atoms with Gasteiger partial charge in [0.2, 0.25) is 5.91 Å². The molecule has 0 radical (unpaired) electrons. The van der Waals surface area contributed by atoms with Gasteiger partial charge in [0.25, 0.3) is 0 Å². The van der Waals surface area contributed by atoms with Crippen LogP contribution >= 0.6 is 0 Å². The van der Waals surface area contributed by atoms with Gasteiger partial charge in [0.05, 0.1) is 38.6 Å². The maximum atomic E-state index is 13.3. The number of allylic oxidation sites excluding steroid dienone is 8. The van der Waals surface area contributed by atoms with Crippen molar-refractivity contribution in [2.45, 2.75) is 324 Å². The summed E-state index contributed by atoms with van der Waals surface area (Å²) >= 11 is 0. The van der Waals surface area contributed by atoms with Crippen LogP contribution in [0.5, 0.6) is 0 Å². The lowest BCUT2D eigenvalue weighted by Gasteiger charge is -2.48. The summed E-state index contributed by atoms with van der Waals surface area (Å²) < 4.78 is 34.2. The first-order valence-electron chi connectivity index (χ1n) is 32.4. The van der Waals surface area contributed by atoms with Crippen molar-refractivity contribution in [3.63, 3.8) is 0 Å². The Hall–Kier alpha value is -2.25. The summed E-state index contributed by atoms with van der Waals surface area (Å²) in [4.78, 5) is 13.3. The molecule has 17 atom stereocenters. The number of amides is 1. The predicted molar refractivity (Wildman–Crippen MR) is 319 cm³/mol. The first-order chi connectivity index (χ1) is 40.3. The number of hydrogen-bond donors (Lipinski definition) is 12. The molecule has 3 heterocycles. The monoisotopic (exact) mass is 1190 g/mol. The van der Waals surface area contributed by atoms with Crippen molar-refractivity contribution in [1.82, 2.24) is 5.32 Å². The first kappa shape index (κ1) is 75.0. The van der Waals surface area contributed by atoms with Crippen molar-refractivity contribution in [3.8, 4) is 0 Å². The van der Waals surface area contributed by atoms with Crippen molar-refractivity contribution < 1.29 is 89.4 Å². The molecule has 0 saturated carbocycles. The summed E-state index contributed by atoms with van der Waals surface area (Å²) in [6.45, 7) is 1.62. The average Bonchev–Trinajstić information content (AvgIpc) is 3.69. The average molecular weight is 1190 g/mol. The van der Waals surface area contributed by atoms with Crippen LogP contribution in [0.2, 0.25) is 0 Å². The van der Waals surface area contributed by atoms with Crippen molar-refractivity contribution in [1.29, 1.82) is 0 Å². The minimum atomic E-state index is -1.97. The number of aliphatic hydroxyl groups excluding tert-OH is 11. The molecular formula is C64H115NO18. The van der Waals surface area contributed by atoms with E-state index < -0.39 is 124 Å². The molecule has 19 heteroatoms. The molecule has 3 rings (SSSR count). The second-order valence-electron chi connectivity index (χ2n) is 23.2. The zero-order valence-electron chi connectivity index (χ0n) is 50.7. The fraction of sp³-hybridized carbons (Fsp3) is 0.859. The van der Waals surface area contributed by atoms with Crippen LogP contribution in [0.4, 0.5) is 0 Å². The maximum absolute atomic E-state index is 13.3. The molecule has 1 amide bonds. The number of nitrogens with one attached hydrogen (secondary N) is 1. The van der Waals surface area contributed by atoms with E-state index in [1.807, 2.05) is 0 Å². The van der Waals surface area contributed by atoms with Crippen LogP contribution in [0.3, 0.4) is 0 Å². The van der Waals surface area contributed by atoms with E-state index in [2.05, 4.69) is 67.8 Å². The first-order valence-corrected chi connectivity index (χ1v) is 32.4. The van der Waals surface area contributed by atoms with Crippen LogP contribution < -0.4 is 5.32 Å². The Kier molecular flexibility index (Phi) is 42.3. The standard InChI is InChI=1S/C64H115NO18/c1-3-5-7-9-11-12-13-14-15-16-17-18-19-20-21-22-23-24-25-26-27-28-29-30-31-32-33-34-36-38-40-42-52(70)65-47(48(69)41-39-37-35-10-8-6-4-2)46-78-62-58(76)55(73)60(50(44-67)80-62)83-64-59(77)56(74)61(51(45-68)81-64)82-63-57(75)54(72)53(71)49(43-66)79-63/h5,7,11-12,14-15,17-18,47-51,53-64,66-69,71-77H,3-4,6,8-10,13,16,19-46H2,1-2H3,(H,65,70)/b7-5-,12-11-,15-14-,18-17-. The Balaban J connectivity index is 1.32. The molecule has 0 aromatic heterocycles. The molecule has 3 aliphatic heterocycles. The summed E-state index contributed by atoms with van der Waals surface area (Å²) in [5.41, 5.74) is 0. The van der Waals surface area contributed by atoms with Crippen molar-refractivity contribution >= 4 is 5.91 Å². The van der Waals surface area contributed by atoms with E-state index in [0.717, 1.165) is 83.5 Å². The molecule has 83 heavy (non-hydrogen) atoms. The number of hydrogen-bond acceptors (Lipinski definition) is 18. The number of unbranched alkanes of at least 4 members (excludes halogenated alkanes) is 24. The number of aliphatic hydroxyl groups is 11. The summed E-state index contributed by atoms with van der Waals surface area (Å²) in [6, 6.07) is -0.883. The van der Waals surface area contributed by atoms with E-state index >= 15 is 0 Å². The number of carbonyl (C=O) groups is 1. The highest BCUT2D eigenvalue weighted by Crippen LogP contribution is 2.33. The molecule has 0 aromatic rings. The third-order valence-electron chi connectivity index (χ3n) is 16.2. The minimum absolute atomic E-state index is 0.247. The third-order valence-corrected chi connectivity index (χ3v) is 16.2. The highest BCUT2D eigenvalue weighted by molar-refractivity contribution is 5.76. The van der Waals surface area contributed by atoms with Crippen LogP contribution in [0.25, 0.3) is 0 Å². The Labute approximate surface area is 497 Å². The third kappa shape index (κ3) is 30.0. The number of carbonyl (C=O) groups excluding carboxylic acids is 1. The Morgan fingerprint density at radius 1 is 0.446 bits per heavy atom. The topological polar surface area (TPSA) is 307 Å². The van der Waals surface area contributed by atoms with Crippen molar-refractivity contribution in [2.24, 2.45) is 0 Å². The van der Waals surface area contributed by atoms with Gasteiger partial charge < -0.3 is 89.9 Å². The molecule has 17 unspecified atom stereocenters. The van der Waals surface area contributed by atoms with E-state index in [9.17, 15) is 61.0 Å². The fourth-order valence-corrected chi connectivity index (χ4v) is 10.9.